The first-order chi connectivity index (χ1) is 6.64. The monoisotopic (exact) mass is 212 g/mol. The lowest BCUT2D eigenvalue weighted by Gasteiger charge is -2.23. The van der Waals surface area contributed by atoms with Crippen LogP contribution < -0.4 is 4.52 Å². The molecule has 0 saturated carbocycles. The summed E-state index contributed by atoms with van der Waals surface area (Å²) in [5.74, 6) is 0.901. The minimum atomic E-state index is -0.190. The van der Waals surface area contributed by atoms with Crippen molar-refractivity contribution in [2.45, 2.75) is 26.1 Å². The standard InChI is InChI=1S/C11H17O2P/c1-4-12-11(2,3)14-13-10-8-6-5-7-9-10/h5-9,14H,4H2,1-3H3. The normalized spacial score (nSPS) is 12.2. The molecule has 0 spiro atoms. The lowest BCUT2D eigenvalue weighted by molar-refractivity contribution is 0.0553. The van der Waals surface area contributed by atoms with E-state index in [1.807, 2.05) is 51.1 Å². The van der Waals surface area contributed by atoms with E-state index in [2.05, 4.69) is 0 Å². The van der Waals surface area contributed by atoms with Gasteiger partial charge in [-0.05, 0) is 32.9 Å². The van der Waals surface area contributed by atoms with E-state index in [1.165, 1.54) is 0 Å². The number of hydrogen-bond acceptors (Lipinski definition) is 2. The third-order valence-corrected chi connectivity index (χ3v) is 2.64. The Labute approximate surface area is 87.5 Å². The molecule has 0 aliphatic carbocycles. The van der Waals surface area contributed by atoms with Crippen LogP contribution in [0.15, 0.2) is 30.3 Å². The van der Waals surface area contributed by atoms with Gasteiger partial charge in [-0.25, -0.2) is 0 Å². The first kappa shape index (κ1) is 11.5. The zero-order valence-electron chi connectivity index (χ0n) is 8.91. The summed E-state index contributed by atoms with van der Waals surface area (Å²) in [5.41, 5.74) is 0. The average molecular weight is 212 g/mol. The van der Waals surface area contributed by atoms with E-state index in [1.54, 1.807) is 0 Å². The summed E-state index contributed by atoms with van der Waals surface area (Å²) < 4.78 is 11.2. The lowest BCUT2D eigenvalue weighted by Crippen LogP contribution is -2.18. The largest absolute Gasteiger partial charge is 0.474 e. The minimum absolute atomic E-state index is 0.190. The first-order valence-electron chi connectivity index (χ1n) is 4.77. The summed E-state index contributed by atoms with van der Waals surface area (Å²) in [7, 11) is 0.321. The Balaban J connectivity index is 2.40. The summed E-state index contributed by atoms with van der Waals surface area (Å²) in [4.78, 5) is 0. The Bertz CT molecular complexity index is 259. The van der Waals surface area contributed by atoms with Gasteiger partial charge in [-0.3, -0.25) is 0 Å². The van der Waals surface area contributed by atoms with Crippen molar-refractivity contribution in [3.05, 3.63) is 30.3 Å². The van der Waals surface area contributed by atoms with Crippen LogP contribution in [-0.4, -0.2) is 11.9 Å². The molecule has 0 aliphatic rings. The van der Waals surface area contributed by atoms with Crippen LogP contribution >= 0.6 is 8.81 Å². The maximum atomic E-state index is 5.63. The predicted molar refractivity (Wildman–Crippen MR) is 61.1 cm³/mol. The molecular weight excluding hydrogens is 195 g/mol. The van der Waals surface area contributed by atoms with Gasteiger partial charge < -0.3 is 9.26 Å². The highest BCUT2D eigenvalue weighted by molar-refractivity contribution is 7.34. The van der Waals surface area contributed by atoms with E-state index < -0.39 is 0 Å². The van der Waals surface area contributed by atoms with Crippen molar-refractivity contribution in [3.8, 4) is 5.75 Å². The molecule has 0 fully saturated rings. The molecular formula is C11H17O2P. The smallest absolute Gasteiger partial charge is 0.123 e. The molecule has 0 N–H and O–H groups in total. The van der Waals surface area contributed by atoms with Crippen molar-refractivity contribution in [3.63, 3.8) is 0 Å². The SMILES string of the molecule is CCOC(C)(C)POc1ccccc1. The fourth-order valence-electron chi connectivity index (χ4n) is 1.06. The van der Waals surface area contributed by atoms with Crippen LogP contribution in [-0.2, 0) is 4.74 Å². The molecule has 1 unspecified atom stereocenters. The number of para-hydroxylation sites is 1. The zero-order chi connectivity index (χ0) is 10.4. The molecule has 78 valence electrons. The summed E-state index contributed by atoms with van der Waals surface area (Å²) in [6, 6.07) is 9.81. The maximum absolute atomic E-state index is 5.63. The van der Waals surface area contributed by atoms with Crippen LogP contribution in [0, 0.1) is 0 Å². The second-order valence-corrected chi connectivity index (χ2v) is 5.07. The molecule has 0 amide bonds. The fraction of sp³-hybridized carbons (Fsp3) is 0.455. The van der Waals surface area contributed by atoms with Gasteiger partial charge in [-0.2, -0.15) is 0 Å². The first-order valence-corrected chi connectivity index (χ1v) is 5.68. The van der Waals surface area contributed by atoms with Crippen LogP contribution in [0.25, 0.3) is 0 Å². The summed E-state index contributed by atoms with van der Waals surface area (Å²) in [5, 5.41) is -0.190. The number of hydrogen-bond donors (Lipinski definition) is 0. The average Bonchev–Trinajstić information content (AvgIpc) is 2.17. The predicted octanol–water partition coefficient (Wildman–Crippen LogP) is 3.43. The zero-order valence-corrected chi connectivity index (χ0v) is 9.91. The molecule has 0 aliphatic heterocycles. The van der Waals surface area contributed by atoms with Crippen LogP contribution in [0.2, 0.25) is 0 Å². The van der Waals surface area contributed by atoms with Gasteiger partial charge in [-0.1, -0.05) is 18.2 Å². The Morgan fingerprint density at radius 2 is 1.86 bits per heavy atom. The maximum Gasteiger partial charge on any atom is 0.123 e. The van der Waals surface area contributed by atoms with Crippen LogP contribution in [0.4, 0.5) is 0 Å². The molecule has 3 heteroatoms. The topological polar surface area (TPSA) is 18.5 Å². The molecule has 0 heterocycles. The Morgan fingerprint density at radius 1 is 1.21 bits per heavy atom. The van der Waals surface area contributed by atoms with Gasteiger partial charge in [0.25, 0.3) is 0 Å². The van der Waals surface area contributed by atoms with E-state index in [9.17, 15) is 0 Å². The van der Waals surface area contributed by atoms with Gasteiger partial charge in [0, 0.05) is 6.61 Å². The van der Waals surface area contributed by atoms with E-state index in [4.69, 9.17) is 9.26 Å². The highest BCUT2D eigenvalue weighted by Crippen LogP contribution is 2.34. The second-order valence-electron chi connectivity index (χ2n) is 3.46. The van der Waals surface area contributed by atoms with Crippen molar-refractivity contribution in [2.75, 3.05) is 6.61 Å². The van der Waals surface area contributed by atoms with E-state index in [0.717, 1.165) is 12.4 Å². The van der Waals surface area contributed by atoms with Crippen molar-refractivity contribution in [1.29, 1.82) is 0 Å². The second kappa shape index (κ2) is 5.33. The van der Waals surface area contributed by atoms with Gasteiger partial charge in [0.2, 0.25) is 0 Å². The Morgan fingerprint density at radius 3 is 2.43 bits per heavy atom. The summed E-state index contributed by atoms with van der Waals surface area (Å²) in [6.45, 7) is 6.79. The van der Waals surface area contributed by atoms with Crippen molar-refractivity contribution in [2.24, 2.45) is 0 Å². The quantitative estimate of drug-likeness (QED) is 0.696. The Kier molecular flexibility index (Phi) is 4.37. The molecule has 0 bridgehead atoms. The minimum Gasteiger partial charge on any atom is -0.474 e. The molecule has 0 aromatic heterocycles. The fourth-order valence-corrected chi connectivity index (χ4v) is 1.76. The van der Waals surface area contributed by atoms with Gasteiger partial charge in [0.1, 0.15) is 19.9 Å². The summed E-state index contributed by atoms with van der Waals surface area (Å²) in [6.07, 6.45) is 0. The van der Waals surface area contributed by atoms with Crippen LogP contribution in [0.1, 0.15) is 20.8 Å². The van der Waals surface area contributed by atoms with E-state index in [0.29, 0.717) is 8.81 Å². The number of rotatable bonds is 5. The highest BCUT2D eigenvalue weighted by Gasteiger charge is 2.18. The summed E-state index contributed by atoms with van der Waals surface area (Å²) >= 11 is 0. The third kappa shape index (κ3) is 4.08. The number of benzene rings is 1. The van der Waals surface area contributed by atoms with Crippen molar-refractivity contribution < 1.29 is 9.26 Å². The van der Waals surface area contributed by atoms with Crippen molar-refractivity contribution in [1.82, 2.24) is 0 Å². The molecule has 2 nitrogen and oxygen atoms in total. The molecule has 0 radical (unpaired) electrons. The van der Waals surface area contributed by atoms with Gasteiger partial charge in [-0.15, -0.1) is 0 Å². The number of ether oxygens (including phenoxy) is 1. The molecule has 0 saturated heterocycles. The highest BCUT2D eigenvalue weighted by atomic mass is 31.1. The molecule has 1 aromatic carbocycles. The lowest BCUT2D eigenvalue weighted by atomic mass is 10.3. The molecule has 1 aromatic rings. The van der Waals surface area contributed by atoms with Gasteiger partial charge in [0.15, 0.2) is 0 Å². The van der Waals surface area contributed by atoms with E-state index >= 15 is 0 Å². The van der Waals surface area contributed by atoms with Gasteiger partial charge >= 0.3 is 0 Å². The van der Waals surface area contributed by atoms with Crippen LogP contribution in [0.3, 0.4) is 0 Å². The molecule has 1 atom stereocenters. The van der Waals surface area contributed by atoms with Crippen LogP contribution in [0.5, 0.6) is 5.75 Å². The van der Waals surface area contributed by atoms with E-state index in [-0.39, 0.29) is 5.34 Å². The molecule has 1 rings (SSSR count). The third-order valence-electron chi connectivity index (χ3n) is 1.66. The van der Waals surface area contributed by atoms with Gasteiger partial charge in [0.05, 0.1) is 0 Å². The van der Waals surface area contributed by atoms with Crippen molar-refractivity contribution >= 4 is 8.81 Å². The molecule has 14 heavy (non-hydrogen) atoms. The Hall–Kier alpha value is -0.590.